The second-order valence-electron chi connectivity index (χ2n) is 2.57. The molecule has 1 heterocycles. The van der Waals surface area contributed by atoms with Crippen molar-refractivity contribution in [1.29, 1.82) is 0 Å². The molecule has 2 rings (SSSR count). The molecule has 0 atom stereocenters. The lowest BCUT2D eigenvalue weighted by molar-refractivity contribution is 0.388. The lowest BCUT2D eigenvalue weighted by Gasteiger charge is -1.94. The van der Waals surface area contributed by atoms with E-state index in [0.717, 1.165) is 5.56 Å². The molecule has 1 aromatic heterocycles. The van der Waals surface area contributed by atoms with E-state index in [1.807, 2.05) is 13.8 Å². The highest BCUT2D eigenvalue weighted by Crippen LogP contribution is 2.14. The zero-order chi connectivity index (χ0) is 11.3. The van der Waals surface area contributed by atoms with Crippen molar-refractivity contribution in [3.05, 3.63) is 34.8 Å². The van der Waals surface area contributed by atoms with Crippen LogP contribution < -0.4 is 11.5 Å². The number of H-pyrrole nitrogens is 1. The summed E-state index contributed by atoms with van der Waals surface area (Å²) in [6.07, 6.45) is 0. The monoisotopic (exact) mass is 207 g/mol. The quantitative estimate of drug-likeness (QED) is 0.696. The molecular weight excluding hydrogens is 194 g/mol. The minimum absolute atomic E-state index is 0.407. The molecule has 1 aromatic carbocycles. The number of hydrogen-bond acceptors (Lipinski definition) is 4. The molecular formula is C10H13N3O2. The summed E-state index contributed by atoms with van der Waals surface area (Å²) >= 11 is 0. The SMILES string of the molecule is CC.Nc1ccc(-c2noc(=O)[nH]2)cc1. The Morgan fingerprint density at radius 1 is 1.27 bits per heavy atom. The summed E-state index contributed by atoms with van der Waals surface area (Å²) in [6.45, 7) is 4.00. The Labute approximate surface area is 86.9 Å². The van der Waals surface area contributed by atoms with Crippen LogP contribution in [0, 0.1) is 0 Å². The average Bonchev–Trinajstić information content (AvgIpc) is 2.69. The van der Waals surface area contributed by atoms with Crippen molar-refractivity contribution in [2.75, 3.05) is 5.73 Å². The molecule has 0 fully saturated rings. The van der Waals surface area contributed by atoms with E-state index in [2.05, 4.69) is 14.7 Å². The summed E-state index contributed by atoms with van der Waals surface area (Å²) in [5.74, 6) is -0.156. The van der Waals surface area contributed by atoms with Gasteiger partial charge in [-0.1, -0.05) is 19.0 Å². The average molecular weight is 207 g/mol. The third-order valence-electron chi connectivity index (χ3n) is 1.62. The number of hydrogen-bond donors (Lipinski definition) is 2. The number of aromatic amines is 1. The number of rotatable bonds is 1. The van der Waals surface area contributed by atoms with Crippen molar-refractivity contribution in [3.8, 4) is 11.4 Å². The van der Waals surface area contributed by atoms with E-state index in [-0.39, 0.29) is 0 Å². The third-order valence-corrected chi connectivity index (χ3v) is 1.62. The van der Waals surface area contributed by atoms with Crippen molar-refractivity contribution in [2.45, 2.75) is 13.8 Å². The van der Waals surface area contributed by atoms with Crippen molar-refractivity contribution >= 4 is 5.69 Å². The Morgan fingerprint density at radius 3 is 2.33 bits per heavy atom. The first kappa shape index (κ1) is 11.0. The van der Waals surface area contributed by atoms with E-state index in [9.17, 15) is 4.79 Å². The molecule has 5 nitrogen and oxygen atoms in total. The summed E-state index contributed by atoms with van der Waals surface area (Å²) in [5.41, 5.74) is 6.92. The van der Waals surface area contributed by atoms with Gasteiger partial charge in [0.15, 0.2) is 5.82 Å². The van der Waals surface area contributed by atoms with Gasteiger partial charge in [0, 0.05) is 11.3 Å². The summed E-state index contributed by atoms with van der Waals surface area (Å²) in [7, 11) is 0. The van der Waals surface area contributed by atoms with Gasteiger partial charge in [0.05, 0.1) is 0 Å². The largest absolute Gasteiger partial charge is 0.439 e. The molecule has 0 bridgehead atoms. The maximum Gasteiger partial charge on any atom is 0.439 e. The highest BCUT2D eigenvalue weighted by molar-refractivity contribution is 5.57. The molecule has 0 amide bonds. The van der Waals surface area contributed by atoms with Crippen LogP contribution in [0.2, 0.25) is 0 Å². The molecule has 0 saturated heterocycles. The fourth-order valence-electron chi connectivity index (χ4n) is 0.995. The van der Waals surface area contributed by atoms with Crippen molar-refractivity contribution < 1.29 is 4.52 Å². The lowest BCUT2D eigenvalue weighted by Crippen LogP contribution is -1.94. The highest BCUT2D eigenvalue weighted by atomic mass is 16.5. The molecule has 0 radical (unpaired) electrons. The van der Waals surface area contributed by atoms with Crippen LogP contribution in [-0.4, -0.2) is 10.1 Å². The second kappa shape index (κ2) is 4.99. The van der Waals surface area contributed by atoms with Crippen LogP contribution in [0.1, 0.15) is 13.8 Å². The summed E-state index contributed by atoms with van der Waals surface area (Å²) in [6, 6.07) is 6.96. The second-order valence-corrected chi connectivity index (χ2v) is 2.57. The van der Waals surface area contributed by atoms with Gasteiger partial charge < -0.3 is 5.73 Å². The predicted octanol–water partition coefficient (Wildman–Crippen LogP) is 1.64. The molecule has 0 saturated carbocycles. The van der Waals surface area contributed by atoms with Gasteiger partial charge in [-0.2, -0.15) is 0 Å². The Balaban J connectivity index is 0.000000531. The van der Waals surface area contributed by atoms with Crippen LogP contribution in [0.5, 0.6) is 0 Å². The van der Waals surface area contributed by atoms with Gasteiger partial charge in [-0.25, -0.2) is 4.79 Å². The van der Waals surface area contributed by atoms with Gasteiger partial charge in [-0.15, -0.1) is 0 Å². The standard InChI is InChI=1S/C8H7N3O2.C2H6/c9-6-3-1-5(2-4-6)7-10-8(12)13-11-7;1-2/h1-4H,9H2,(H,10,11,12);1-2H3. The van der Waals surface area contributed by atoms with Crippen LogP contribution in [0.25, 0.3) is 11.4 Å². The lowest BCUT2D eigenvalue weighted by atomic mass is 10.2. The maximum atomic E-state index is 10.6. The van der Waals surface area contributed by atoms with Gasteiger partial charge in [0.1, 0.15) is 0 Å². The van der Waals surface area contributed by atoms with Crippen LogP contribution in [0.3, 0.4) is 0 Å². The fourth-order valence-corrected chi connectivity index (χ4v) is 0.995. The summed E-state index contributed by atoms with van der Waals surface area (Å²) < 4.78 is 4.36. The number of anilines is 1. The van der Waals surface area contributed by atoms with E-state index in [4.69, 9.17) is 5.73 Å². The fraction of sp³-hybridized carbons (Fsp3) is 0.200. The minimum Gasteiger partial charge on any atom is -0.399 e. The van der Waals surface area contributed by atoms with Gasteiger partial charge >= 0.3 is 5.76 Å². The number of nitrogens with two attached hydrogens (primary N) is 1. The minimum atomic E-state index is -0.563. The Kier molecular flexibility index (Phi) is 3.68. The van der Waals surface area contributed by atoms with E-state index in [1.165, 1.54) is 0 Å². The van der Waals surface area contributed by atoms with Crippen LogP contribution in [0.4, 0.5) is 5.69 Å². The third kappa shape index (κ3) is 2.70. The van der Waals surface area contributed by atoms with Gasteiger partial charge in [0.25, 0.3) is 0 Å². The van der Waals surface area contributed by atoms with Gasteiger partial charge in [0.2, 0.25) is 0 Å². The van der Waals surface area contributed by atoms with Crippen LogP contribution in [0.15, 0.2) is 33.6 Å². The van der Waals surface area contributed by atoms with Crippen molar-refractivity contribution in [2.24, 2.45) is 0 Å². The van der Waals surface area contributed by atoms with Gasteiger partial charge in [-0.05, 0) is 24.3 Å². The number of benzene rings is 1. The molecule has 0 aliphatic rings. The molecule has 0 aliphatic heterocycles. The molecule has 80 valence electrons. The van der Waals surface area contributed by atoms with Crippen molar-refractivity contribution in [1.82, 2.24) is 10.1 Å². The maximum absolute atomic E-state index is 10.6. The molecule has 3 N–H and O–H groups in total. The van der Waals surface area contributed by atoms with Gasteiger partial charge in [-0.3, -0.25) is 9.51 Å². The molecule has 0 spiro atoms. The Hall–Kier alpha value is -2.04. The normalized spacial score (nSPS) is 9.20. The summed E-state index contributed by atoms with van der Waals surface area (Å²) in [5, 5.41) is 3.53. The Bertz CT molecular complexity index is 456. The first-order valence-corrected chi connectivity index (χ1v) is 4.67. The van der Waals surface area contributed by atoms with E-state index in [0.29, 0.717) is 11.5 Å². The number of aromatic nitrogens is 2. The van der Waals surface area contributed by atoms with E-state index in [1.54, 1.807) is 24.3 Å². The smallest absolute Gasteiger partial charge is 0.399 e. The van der Waals surface area contributed by atoms with E-state index < -0.39 is 5.76 Å². The number of nitrogens with one attached hydrogen (secondary N) is 1. The Morgan fingerprint density at radius 2 is 1.87 bits per heavy atom. The predicted molar refractivity (Wildman–Crippen MR) is 58.3 cm³/mol. The van der Waals surface area contributed by atoms with Crippen LogP contribution >= 0.6 is 0 Å². The molecule has 5 heteroatoms. The molecule has 0 unspecified atom stereocenters. The number of nitrogens with zero attached hydrogens (tertiary/aromatic N) is 1. The summed E-state index contributed by atoms with van der Waals surface area (Å²) in [4.78, 5) is 13.1. The zero-order valence-electron chi connectivity index (χ0n) is 8.65. The van der Waals surface area contributed by atoms with Crippen molar-refractivity contribution in [3.63, 3.8) is 0 Å². The molecule has 2 aromatic rings. The number of nitrogen functional groups attached to an aromatic ring is 1. The topological polar surface area (TPSA) is 84.9 Å². The van der Waals surface area contributed by atoms with Crippen LogP contribution in [-0.2, 0) is 0 Å². The first-order valence-electron chi connectivity index (χ1n) is 4.67. The zero-order valence-corrected chi connectivity index (χ0v) is 8.65. The first-order chi connectivity index (χ1) is 7.25. The molecule has 0 aliphatic carbocycles. The highest BCUT2D eigenvalue weighted by Gasteiger charge is 2.02. The van der Waals surface area contributed by atoms with E-state index >= 15 is 0 Å². The molecule has 15 heavy (non-hydrogen) atoms.